The predicted octanol–water partition coefficient (Wildman–Crippen LogP) is 6.55. The van der Waals surface area contributed by atoms with Gasteiger partial charge in [0.05, 0.1) is 20.3 Å². The van der Waals surface area contributed by atoms with E-state index in [1.165, 1.54) is 22.3 Å². The van der Waals surface area contributed by atoms with Gasteiger partial charge in [-0.2, -0.15) is 0 Å². The van der Waals surface area contributed by atoms with Crippen molar-refractivity contribution in [1.82, 2.24) is 10.3 Å². The van der Waals surface area contributed by atoms with Crippen LogP contribution in [0.15, 0.2) is 85.1 Å². The number of fused-ring (bicyclic) bond motifs is 1. The van der Waals surface area contributed by atoms with E-state index in [1.807, 2.05) is 36.5 Å². The standard InChI is InChI=1S/C32H32N2O3/c1-22-9-10-25(27-12-14-32(36-3)34-20-27)17-24(22)11-13-29-28-19-30(35-2)31(18-26(28)15-16-33-29)37-21-23-7-5-4-6-8-23/h4-14,17-20,29,33H,15-16,21H2,1-3H3/b13-11+. The third-order valence-electron chi connectivity index (χ3n) is 6.78. The third-order valence-corrected chi connectivity index (χ3v) is 6.78. The van der Waals surface area contributed by atoms with Gasteiger partial charge in [0, 0.05) is 24.4 Å². The van der Waals surface area contributed by atoms with Gasteiger partial charge in [0.25, 0.3) is 0 Å². The van der Waals surface area contributed by atoms with Gasteiger partial charge in [-0.25, -0.2) is 4.98 Å². The summed E-state index contributed by atoms with van der Waals surface area (Å²) in [5, 5.41) is 3.65. The maximum Gasteiger partial charge on any atom is 0.212 e. The van der Waals surface area contributed by atoms with Gasteiger partial charge in [-0.05, 0) is 71.0 Å². The number of aryl methyl sites for hydroxylation is 1. The minimum Gasteiger partial charge on any atom is -0.493 e. The molecule has 1 aliphatic rings. The van der Waals surface area contributed by atoms with Crippen molar-refractivity contribution in [2.45, 2.75) is 26.0 Å². The van der Waals surface area contributed by atoms with E-state index in [4.69, 9.17) is 14.2 Å². The van der Waals surface area contributed by atoms with E-state index in [0.29, 0.717) is 12.5 Å². The smallest absolute Gasteiger partial charge is 0.212 e. The van der Waals surface area contributed by atoms with Gasteiger partial charge in [0.1, 0.15) is 6.61 Å². The molecule has 0 amide bonds. The minimum atomic E-state index is 0.0894. The Morgan fingerprint density at radius 3 is 2.51 bits per heavy atom. The zero-order valence-corrected chi connectivity index (χ0v) is 21.5. The van der Waals surface area contributed by atoms with Gasteiger partial charge >= 0.3 is 0 Å². The Morgan fingerprint density at radius 2 is 1.76 bits per heavy atom. The first-order valence-corrected chi connectivity index (χ1v) is 12.5. The van der Waals surface area contributed by atoms with Gasteiger partial charge in [-0.1, -0.05) is 54.6 Å². The average Bonchev–Trinajstić information content (AvgIpc) is 2.95. The van der Waals surface area contributed by atoms with Crippen LogP contribution in [0, 0.1) is 6.92 Å². The molecule has 1 unspecified atom stereocenters. The van der Waals surface area contributed by atoms with Crippen LogP contribution in [0.2, 0.25) is 0 Å². The monoisotopic (exact) mass is 492 g/mol. The lowest BCUT2D eigenvalue weighted by molar-refractivity contribution is 0.283. The van der Waals surface area contributed by atoms with Crippen LogP contribution in [0.3, 0.4) is 0 Å². The van der Waals surface area contributed by atoms with Gasteiger partial charge in [0.15, 0.2) is 11.5 Å². The second-order valence-electron chi connectivity index (χ2n) is 9.18. The molecule has 1 atom stereocenters. The number of benzene rings is 3. The van der Waals surface area contributed by atoms with E-state index in [1.54, 1.807) is 14.2 Å². The van der Waals surface area contributed by atoms with E-state index < -0.39 is 0 Å². The van der Waals surface area contributed by atoms with Crippen molar-refractivity contribution in [3.05, 3.63) is 113 Å². The van der Waals surface area contributed by atoms with Gasteiger partial charge in [-0.15, -0.1) is 0 Å². The maximum absolute atomic E-state index is 6.15. The lowest BCUT2D eigenvalue weighted by atomic mass is 9.92. The molecule has 37 heavy (non-hydrogen) atoms. The lowest BCUT2D eigenvalue weighted by Crippen LogP contribution is -2.28. The molecule has 0 fully saturated rings. The van der Waals surface area contributed by atoms with E-state index >= 15 is 0 Å². The molecule has 0 bridgehead atoms. The van der Waals surface area contributed by atoms with Crippen LogP contribution in [-0.4, -0.2) is 25.7 Å². The van der Waals surface area contributed by atoms with Crippen molar-refractivity contribution < 1.29 is 14.2 Å². The highest BCUT2D eigenvalue weighted by Crippen LogP contribution is 2.36. The van der Waals surface area contributed by atoms with Crippen LogP contribution in [-0.2, 0) is 13.0 Å². The first kappa shape index (κ1) is 24.6. The zero-order valence-electron chi connectivity index (χ0n) is 21.5. The van der Waals surface area contributed by atoms with Crippen LogP contribution in [0.5, 0.6) is 17.4 Å². The number of methoxy groups -OCH3 is 2. The largest absolute Gasteiger partial charge is 0.493 e. The van der Waals surface area contributed by atoms with Gasteiger partial charge in [-0.3, -0.25) is 0 Å². The molecule has 0 saturated carbocycles. The van der Waals surface area contributed by atoms with E-state index in [2.05, 4.69) is 71.8 Å². The quantitative estimate of drug-likeness (QED) is 0.302. The number of hydrogen-bond acceptors (Lipinski definition) is 5. The fourth-order valence-electron chi connectivity index (χ4n) is 4.65. The van der Waals surface area contributed by atoms with Crippen LogP contribution in [0.1, 0.15) is 33.9 Å². The second-order valence-corrected chi connectivity index (χ2v) is 9.18. The Bertz CT molecular complexity index is 1380. The summed E-state index contributed by atoms with van der Waals surface area (Å²) < 4.78 is 17.1. The first-order valence-electron chi connectivity index (χ1n) is 12.5. The highest BCUT2D eigenvalue weighted by molar-refractivity contribution is 5.69. The van der Waals surface area contributed by atoms with Crippen LogP contribution < -0.4 is 19.5 Å². The molecule has 0 spiro atoms. The minimum absolute atomic E-state index is 0.0894. The Kier molecular flexibility index (Phi) is 7.52. The van der Waals surface area contributed by atoms with Crippen LogP contribution in [0.25, 0.3) is 17.2 Å². The summed E-state index contributed by atoms with van der Waals surface area (Å²) in [7, 11) is 3.32. The number of pyridine rings is 1. The van der Waals surface area contributed by atoms with E-state index in [-0.39, 0.29) is 6.04 Å². The summed E-state index contributed by atoms with van der Waals surface area (Å²) >= 11 is 0. The summed E-state index contributed by atoms with van der Waals surface area (Å²) in [6, 6.07) is 25.0. The predicted molar refractivity (Wildman–Crippen MR) is 148 cm³/mol. The molecule has 1 aliphatic heterocycles. The Balaban J connectivity index is 1.38. The summed E-state index contributed by atoms with van der Waals surface area (Å²) in [5.74, 6) is 2.15. The molecule has 5 nitrogen and oxygen atoms in total. The molecule has 5 heteroatoms. The number of nitrogens with zero attached hydrogens (tertiary/aromatic N) is 1. The van der Waals surface area contributed by atoms with Crippen LogP contribution in [0.4, 0.5) is 0 Å². The molecule has 3 aromatic carbocycles. The molecular formula is C32H32N2O3. The number of aromatic nitrogens is 1. The fraction of sp³-hybridized carbons (Fsp3) is 0.219. The second kappa shape index (κ2) is 11.3. The summed E-state index contributed by atoms with van der Waals surface area (Å²) in [6.45, 7) is 3.55. The summed E-state index contributed by atoms with van der Waals surface area (Å²) in [5.41, 5.74) is 8.22. The van der Waals surface area contributed by atoms with E-state index in [0.717, 1.165) is 41.2 Å². The summed E-state index contributed by atoms with van der Waals surface area (Å²) in [4.78, 5) is 4.35. The normalized spacial score (nSPS) is 14.8. The van der Waals surface area contributed by atoms with Gasteiger partial charge < -0.3 is 19.5 Å². The highest BCUT2D eigenvalue weighted by atomic mass is 16.5. The Morgan fingerprint density at radius 1 is 0.919 bits per heavy atom. The molecular weight excluding hydrogens is 460 g/mol. The van der Waals surface area contributed by atoms with Crippen molar-refractivity contribution in [1.29, 1.82) is 0 Å². The maximum atomic E-state index is 6.15. The van der Waals surface area contributed by atoms with E-state index in [9.17, 15) is 0 Å². The Hall–Kier alpha value is -4.09. The molecule has 0 saturated heterocycles. The fourth-order valence-corrected chi connectivity index (χ4v) is 4.65. The SMILES string of the molecule is COc1ccc(-c2ccc(C)c(/C=C/C3NCCc4cc(OCc5ccccc5)c(OC)cc43)c2)cn1. The topological polar surface area (TPSA) is 52.6 Å². The van der Waals surface area contributed by atoms with Crippen molar-refractivity contribution in [3.8, 4) is 28.5 Å². The molecule has 1 N–H and O–H groups in total. The zero-order chi connectivity index (χ0) is 25.6. The number of hydrogen-bond donors (Lipinski definition) is 1. The molecule has 0 radical (unpaired) electrons. The first-order chi connectivity index (χ1) is 18.1. The number of rotatable bonds is 8. The van der Waals surface area contributed by atoms with Crippen molar-refractivity contribution in [3.63, 3.8) is 0 Å². The molecule has 5 rings (SSSR count). The van der Waals surface area contributed by atoms with Crippen molar-refractivity contribution >= 4 is 6.08 Å². The van der Waals surface area contributed by atoms with Crippen molar-refractivity contribution in [2.24, 2.45) is 0 Å². The molecule has 188 valence electrons. The van der Waals surface area contributed by atoms with Crippen molar-refractivity contribution in [2.75, 3.05) is 20.8 Å². The molecule has 1 aromatic heterocycles. The molecule has 2 heterocycles. The molecule has 0 aliphatic carbocycles. The average molecular weight is 493 g/mol. The lowest BCUT2D eigenvalue weighted by Gasteiger charge is -2.26. The summed E-state index contributed by atoms with van der Waals surface area (Å²) in [6.07, 6.45) is 7.24. The number of nitrogens with one attached hydrogen (secondary N) is 1. The van der Waals surface area contributed by atoms with Crippen LogP contribution >= 0.6 is 0 Å². The highest BCUT2D eigenvalue weighted by Gasteiger charge is 2.21. The van der Waals surface area contributed by atoms with Gasteiger partial charge in [0.2, 0.25) is 5.88 Å². The molecule has 4 aromatic rings. The number of ether oxygens (including phenoxy) is 3. The third kappa shape index (κ3) is 5.68. The Labute approximate surface area is 218 Å².